The molecule has 1 aromatic rings. The van der Waals surface area contributed by atoms with Gasteiger partial charge in [0.25, 0.3) is 0 Å². The Labute approximate surface area is 154 Å². The SMILES string of the molecule is CCOC(=O)C1=C(CN2CCCCC2Cc2ccccc2)NC(=O)NC1. The summed E-state index contributed by atoms with van der Waals surface area (Å²) < 4.78 is 5.15. The first-order valence-corrected chi connectivity index (χ1v) is 9.39. The Balaban J connectivity index is 1.76. The van der Waals surface area contributed by atoms with Crippen molar-refractivity contribution in [3.63, 3.8) is 0 Å². The largest absolute Gasteiger partial charge is 0.463 e. The molecule has 1 saturated heterocycles. The van der Waals surface area contributed by atoms with Crippen molar-refractivity contribution in [1.29, 1.82) is 0 Å². The first kappa shape index (κ1) is 18.5. The monoisotopic (exact) mass is 357 g/mol. The van der Waals surface area contributed by atoms with Crippen molar-refractivity contribution in [3.05, 3.63) is 47.2 Å². The molecular weight excluding hydrogens is 330 g/mol. The number of esters is 1. The molecule has 1 atom stereocenters. The number of ether oxygens (including phenoxy) is 1. The maximum atomic E-state index is 12.2. The molecule has 2 heterocycles. The molecule has 1 fully saturated rings. The standard InChI is InChI=1S/C20H27N3O3/c1-2-26-19(24)17-13-21-20(25)22-18(17)14-23-11-7-6-10-16(23)12-15-8-4-3-5-9-15/h3-5,8-9,16H,2,6-7,10-14H2,1H3,(H2,21,22,25). The molecule has 26 heavy (non-hydrogen) atoms. The number of amides is 2. The average molecular weight is 357 g/mol. The Bertz CT molecular complexity index is 672. The van der Waals surface area contributed by atoms with Crippen LogP contribution in [0.1, 0.15) is 31.7 Å². The molecule has 2 N–H and O–H groups in total. The predicted octanol–water partition coefficient (Wildman–Crippen LogP) is 2.21. The van der Waals surface area contributed by atoms with Gasteiger partial charge < -0.3 is 15.4 Å². The molecule has 6 heteroatoms. The zero-order valence-corrected chi connectivity index (χ0v) is 15.3. The molecular formula is C20H27N3O3. The summed E-state index contributed by atoms with van der Waals surface area (Å²) in [5, 5.41) is 5.49. The van der Waals surface area contributed by atoms with Gasteiger partial charge in [-0.25, -0.2) is 9.59 Å². The summed E-state index contributed by atoms with van der Waals surface area (Å²) in [7, 11) is 0. The Morgan fingerprint density at radius 2 is 2.08 bits per heavy atom. The third kappa shape index (κ3) is 4.64. The van der Waals surface area contributed by atoms with Crippen LogP contribution in [0.4, 0.5) is 4.79 Å². The van der Waals surface area contributed by atoms with E-state index in [-0.39, 0.29) is 18.5 Å². The van der Waals surface area contributed by atoms with E-state index in [2.05, 4.69) is 39.8 Å². The van der Waals surface area contributed by atoms with Crippen molar-refractivity contribution in [2.45, 2.75) is 38.6 Å². The van der Waals surface area contributed by atoms with Crippen LogP contribution in [0.15, 0.2) is 41.6 Å². The number of benzene rings is 1. The Hall–Kier alpha value is -2.34. The molecule has 0 spiro atoms. The number of carbonyl (C=O) groups is 2. The maximum Gasteiger partial charge on any atom is 0.337 e. The van der Waals surface area contributed by atoms with E-state index in [9.17, 15) is 9.59 Å². The van der Waals surface area contributed by atoms with Crippen LogP contribution in [0.2, 0.25) is 0 Å². The van der Waals surface area contributed by atoms with E-state index in [1.54, 1.807) is 6.92 Å². The van der Waals surface area contributed by atoms with Crippen LogP contribution in [0, 0.1) is 0 Å². The number of urea groups is 1. The molecule has 3 rings (SSSR count). The zero-order chi connectivity index (χ0) is 18.4. The van der Waals surface area contributed by atoms with Crippen LogP contribution < -0.4 is 10.6 Å². The van der Waals surface area contributed by atoms with E-state index >= 15 is 0 Å². The average Bonchev–Trinajstić information content (AvgIpc) is 2.64. The van der Waals surface area contributed by atoms with Gasteiger partial charge in [0.2, 0.25) is 0 Å². The highest BCUT2D eigenvalue weighted by molar-refractivity contribution is 5.93. The number of nitrogens with zero attached hydrogens (tertiary/aromatic N) is 1. The summed E-state index contributed by atoms with van der Waals surface area (Å²) in [6.07, 6.45) is 4.46. The van der Waals surface area contributed by atoms with Crippen molar-refractivity contribution in [3.8, 4) is 0 Å². The molecule has 1 unspecified atom stereocenters. The lowest BCUT2D eigenvalue weighted by atomic mass is 9.95. The molecule has 1 aromatic carbocycles. The molecule has 6 nitrogen and oxygen atoms in total. The van der Waals surface area contributed by atoms with Gasteiger partial charge in [-0.2, -0.15) is 0 Å². The number of hydrogen-bond donors (Lipinski definition) is 2. The van der Waals surface area contributed by atoms with Gasteiger partial charge in [0.05, 0.1) is 18.7 Å². The first-order valence-electron chi connectivity index (χ1n) is 9.39. The van der Waals surface area contributed by atoms with E-state index in [0.717, 1.165) is 25.8 Å². The molecule has 2 aliphatic heterocycles. The molecule has 0 saturated carbocycles. The van der Waals surface area contributed by atoms with Crippen molar-refractivity contribution in [1.82, 2.24) is 15.5 Å². The number of hydrogen-bond acceptors (Lipinski definition) is 4. The number of likely N-dealkylation sites (tertiary alicyclic amines) is 1. The summed E-state index contributed by atoms with van der Waals surface area (Å²) in [4.78, 5) is 26.4. The number of rotatable bonds is 6. The van der Waals surface area contributed by atoms with Crippen LogP contribution in [0.3, 0.4) is 0 Å². The third-order valence-corrected chi connectivity index (χ3v) is 5.00. The van der Waals surface area contributed by atoms with E-state index in [0.29, 0.717) is 30.5 Å². The molecule has 2 amide bonds. The van der Waals surface area contributed by atoms with Crippen molar-refractivity contribution in [2.75, 3.05) is 26.2 Å². The van der Waals surface area contributed by atoms with Crippen LogP contribution in [-0.4, -0.2) is 49.2 Å². The summed E-state index contributed by atoms with van der Waals surface area (Å²) in [6, 6.07) is 10.6. The maximum absolute atomic E-state index is 12.2. The smallest absolute Gasteiger partial charge is 0.337 e. The molecule has 0 aromatic heterocycles. The summed E-state index contributed by atoms with van der Waals surface area (Å²) >= 11 is 0. The number of piperidine rings is 1. The molecule has 0 radical (unpaired) electrons. The van der Waals surface area contributed by atoms with Gasteiger partial charge in [0, 0.05) is 18.3 Å². The second kappa shape index (κ2) is 8.85. The van der Waals surface area contributed by atoms with E-state index in [1.165, 1.54) is 12.0 Å². The quantitative estimate of drug-likeness (QED) is 0.766. The van der Waals surface area contributed by atoms with Crippen molar-refractivity contribution >= 4 is 12.0 Å². The van der Waals surface area contributed by atoms with E-state index in [4.69, 9.17) is 4.74 Å². The summed E-state index contributed by atoms with van der Waals surface area (Å²) in [5.41, 5.74) is 2.51. The Kier molecular flexibility index (Phi) is 6.28. The number of carbonyl (C=O) groups excluding carboxylic acids is 2. The van der Waals surface area contributed by atoms with Crippen molar-refractivity contribution < 1.29 is 14.3 Å². The second-order valence-electron chi connectivity index (χ2n) is 6.80. The fourth-order valence-electron chi connectivity index (χ4n) is 3.67. The van der Waals surface area contributed by atoms with Crippen LogP contribution in [0.5, 0.6) is 0 Å². The van der Waals surface area contributed by atoms with Gasteiger partial charge in [-0.15, -0.1) is 0 Å². The Morgan fingerprint density at radius 1 is 1.27 bits per heavy atom. The molecule has 2 aliphatic rings. The summed E-state index contributed by atoms with van der Waals surface area (Å²) in [5.74, 6) is -0.355. The van der Waals surface area contributed by atoms with E-state index in [1.807, 2.05) is 6.07 Å². The van der Waals surface area contributed by atoms with E-state index < -0.39 is 0 Å². The minimum absolute atomic E-state index is 0.219. The lowest BCUT2D eigenvalue weighted by Gasteiger charge is -2.37. The van der Waals surface area contributed by atoms with Gasteiger partial charge in [-0.3, -0.25) is 4.90 Å². The number of nitrogens with one attached hydrogen (secondary N) is 2. The van der Waals surface area contributed by atoms with Gasteiger partial charge in [0.15, 0.2) is 0 Å². The fourth-order valence-corrected chi connectivity index (χ4v) is 3.67. The molecule has 0 bridgehead atoms. The van der Waals surface area contributed by atoms with Crippen LogP contribution in [0.25, 0.3) is 0 Å². The lowest BCUT2D eigenvalue weighted by Crippen LogP contribution is -2.49. The normalized spacial score (nSPS) is 21.1. The second-order valence-corrected chi connectivity index (χ2v) is 6.80. The fraction of sp³-hybridized carbons (Fsp3) is 0.500. The minimum atomic E-state index is -0.355. The molecule has 0 aliphatic carbocycles. The van der Waals surface area contributed by atoms with Crippen LogP contribution >= 0.6 is 0 Å². The Morgan fingerprint density at radius 3 is 2.85 bits per heavy atom. The molecule has 140 valence electrons. The summed E-state index contributed by atoms with van der Waals surface area (Å²) in [6.45, 7) is 3.87. The topological polar surface area (TPSA) is 70.7 Å². The lowest BCUT2D eigenvalue weighted by molar-refractivity contribution is -0.138. The minimum Gasteiger partial charge on any atom is -0.463 e. The highest BCUT2D eigenvalue weighted by Crippen LogP contribution is 2.22. The van der Waals surface area contributed by atoms with Gasteiger partial charge in [0.1, 0.15) is 0 Å². The van der Waals surface area contributed by atoms with Gasteiger partial charge in [-0.05, 0) is 38.3 Å². The van der Waals surface area contributed by atoms with Gasteiger partial charge in [-0.1, -0.05) is 36.8 Å². The van der Waals surface area contributed by atoms with Crippen LogP contribution in [-0.2, 0) is 16.0 Å². The third-order valence-electron chi connectivity index (χ3n) is 5.00. The van der Waals surface area contributed by atoms with Gasteiger partial charge >= 0.3 is 12.0 Å². The highest BCUT2D eigenvalue weighted by atomic mass is 16.5. The first-order chi connectivity index (χ1) is 12.7. The zero-order valence-electron chi connectivity index (χ0n) is 15.3. The highest BCUT2D eigenvalue weighted by Gasteiger charge is 2.28. The van der Waals surface area contributed by atoms with Crippen molar-refractivity contribution in [2.24, 2.45) is 0 Å². The predicted molar refractivity (Wildman–Crippen MR) is 99.6 cm³/mol.